The molecule has 1 saturated heterocycles. The van der Waals surface area contributed by atoms with E-state index in [9.17, 15) is 19.2 Å². The lowest BCUT2D eigenvalue weighted by Crippen LogP contribution is -2.44. The highest BCUT2D eigenvalue weighted by Crippen LogP contribution is 2.21. The van der Waals surface area contributed by atoms with Crippen LogP contribution in [0.1, 0.15) is 40.5 Å². The van der Waals surface area contributed by atoms with Crippen molar-refractivity contribution >= 4 is 41.0 Å². The predicted molar refractivity (Wildman–Crippen MR) is 119 cm³/mol. The van der Waals surface area contributed by atoms with Crippen LogP contribution in [0.25, 0.3) is 0 Å². The number of anilines is 1. The topological polar surface area (TPSA) is 119 Å². The van der Waals surface area contributed by atoms with Crippen LogP contribution in [0.4, 0.5) is 5.69 Å². The second-order valence-electron chi connectivity index (χ2n) is 7.61. The summed E-state index contributed by atoms with van der Waals surface area (Å²) < 4.78 is 5.35. The van der Waals surface area contributed by atoms with Crippen LogP contribution in [0, 0.1) is 5.92 Å². The molecular weight excluding hydrogens is 434 g/mol. The number of esters is 1. The van der Waals surface area contributed by atoms with Crippen molar-refractivity contribution < 1.29 is 23.9 Å². The lowest BCUT2D eigenvalue weighted by Gasteiger charge is -2.32. The van der Waals surface area contributed by atoms with Crippen molar-refractivity contribution in [3.8, 4) is 0 Å². The van der Waals surface area contributed by atoms with E-state index in [0.717, 1.165) is 0 Å². The molecule has 168 valence electrons. The Balaban J connectivity index is 1.54. The Morgan fingerprint density at radius 2 is 1.69 bits per heavy atom. The molecule has 3 amide bonds. The van der Waals surface area contributed by atoms with Crippen molar-refractivity contribution in [1.29, 1.82) is 0 Å². The molecule has 3 rings (SSSR count). The number of carbonyl (C=O) groups is 4. The molecule has 3 N–H and O–H groups in total. The van der Waals surface area contributed by atoms with Gasteiger partial charge in [0.1, 0.15) is 0 Å². The number of piperidine rings is 1. The molecule has 0 unspecified atom stereocenters. The number of nitrogens with one attached hydrogen (secondary N) is 1. The molecule has 1 fully saturated rings. The molecule has 1 aliphatic heterocycles. The maximum absolute atomic E-state index is 12.7. The fourth-order valence-electron chi connectivity index (χ4n) is 3.41. The van der Waals surface area contributed by atoms with E-state index in [-0.39, 0.29) is 12.5 Å². The lowest BCUT2D eigenvalue weighted by atomic mass is 9.97. The number of hydrogen-bond acceptors (Lipinski definition) is 5. The van der Waals surface area contributed by atoms with E-state index in [0.29, 0.717) is 41.2 Å². The minimum atomic E-state index is -1.03. The lowest BCUT2D eigenvalue weighted by molar-refractivity contribution is -0.158. The van der Waals surface area contributed by atoms with Crippen LogP contribution in [0.15, 0.2) is 48.5 Å². The van der Waals surface area contributed by atoms with Gasteiger partial charge >= 0.3 is 5.97 Å². The molecule has 0 bridgehead atoms. The monoisotopic (exact) mass is 457 g/mol. The van der Waals surface area contributed by atoms with E-state index >= 15 is 0 Å². The van der Waals surface area contributed by atoms with Gasteiger partial charge in [0.15, 0.2) is 6.10 Å². The Morgan fingerprint density at radius 1 is 1.06 bits per heavy atom. The van der Waals surface area contributed by atoms with Crippen LogP contribution in [0.2, 0.25) is 5.02 Å². The molecule has 8 nitrogen and oxygen atoms in total. The summed E-state index contributed by atoms with van der Waals surface area (Å²) in [5, 5.41) is 3.17. The molecule has 9 heteroatoms. The Kier molecular flexibility index (Phi) is 7.48. The number of ether oxygens (including phenoxy) is 1. The summed E-state index contributed by atoms with van der Waals surface area (Å²) in [7, 11) is 0. The molecule has 1 heterocycles. The minimum absolute atomic E-state index is 0.177. The summed E-state index contributed by atoms with van der Waals surface area (Å²) in [5.74, 6) is -2.28. The summed E-state index contributed by atoms with van der Waals surface area (Å²) >= 11 is 5.87. The number of carbonyl (C=O) groups excluding carboxylic acids is 4. The molecule has 2 atom stereocenters. The number of amides is 3. The van der Waals surface area contributed by atoms with Gasteiger partial charge in [0, 0.05) is 34.9 Å². The summed E-state index contributed by atoms with van der Waals surface area (Å²) in [6.45, 7) is 2.25. The van der Waals surface area contributed by atoms with Crippen LogP contribution < -0.4 is 11.1 Å². The third kappa shape index (κ3) is 5.85. The van der Waals surface area contributed by atoms with Gasteiger partial charge in [-0.2, -0.15) is 0 Å². The molecule has 0 saturated carbocycles. The normalized spacial score (nSPS) is 16.7. The first-order chi connectivity index (χ1) is 15.2. The molecule has 1 aliphatic rings. The van der Waals surface area contributed by atoms with E-state index in [1.807, 2.05) is 0 Å². The summed E-state index contributed by atoms with van der Waals surface area (Å²) in [6, 6.07) is 12.6. The highest BCUT2D eigenvalue weighted by Gasteiger charge is 2.31. The Morgan fingerprint density at radius 3 is 2.31 bits per heavy atom. The highest BCUT2D eigenvalue weighted by atomic mass is 35.5. The first kappa shape index (κ1) is 23.3. The van der Waals surface area contributed by atoms with Gasteiger partial charge in [-0.25, -0.2) is 0 Å². The number of rotatable bonds is 6. The third-order valence-corrected chi connectivity index (χ3v) is 5.48. The number of nitrogens with two attached hydrogens (primary N) is 1. The van der Waals surface area contributed by atoms with Crippen molar-refractivity contribution in [2.75, 3.05) is 18.4 Å². The Labute approximate surface area is 190 Å². The van der Waals surface area contributed by atoms with Crippen LogP contribution in [0.5, 0.6) is 0 Å². The van der Waals surface area contributed by atoms with Crippen LogP contribution >= 0.6 is 11.6 Å². The smallest absolute Gasteiger partial charge is 0.311 e. The Hall–Kier alpha value is -3.39. The zero-order valence-corrected chi connectivity index (χ0v) is 18.3. The average molecular weight is 458 g/mol. The van der Waals surface area contributed by atoms with Crippen LogP contribution in [0.3, 0.4) is 0 Å². The number of hydrogen-bond donors (Lipinski definition) is 2. The van der Waals surface area contributed by atoms with Crippen molar-refractivity contribution in [2.45, 2.75) is 25.9 Å². The van der Waals surface area contributed by atoms with Gasteiger partial charge in [-0.15, -0.1) is 0 Å². The van der Waals surface area contributed by atoms with Crippen molar-refractivity contribution in [3.05, 3.63) is 64.7 Å². The fourth-order valence-corrected chi connectivity index (χ4v) is 3.54. The number of primary amides is 1. The largest absolute Gasteiger partial charge is 0.452 e. The van der Waals surface area contributed by atoms with E-state index in [2.05, 4.69) is 5.32 Å². The SMILES string of the molecule is C[C@H](OC(=O)[C@H]1CCCN(C(=O)c2ccc(Cl)cc2)C1)C(=O)Nc1ccc(C(N)=O)cc1. The van der Waals surface area contributed by atoms with Gasteiger partial charge in [0.2, 0.25) is 5.91 Å². The van der Waals surface area contributed by atoms with E-state index in [1.54, 1.807) is 29.2 Å². The maximum Gasteiger partial charge on any atom is 0.311 e. The molecule has 32 heavy (non-hydrogen) atoms. The molecule has 2 aromatic carbocycles. The second-order valence-corrected chi connectivity index (χ2v) is 8.04. The molecule has 0 aliphatic carbocycles. The highest BCUT2D eigenvalue weighted by molar-refractivity contribution is 6.30. The Bertz CT molecular complexity index is 1010. The zero-order valence-electron chi connectivity index (χ0n) is 17.5. The van der Waals surface area contributed by atoms with Crippen molar-refractivity contribution in [3.63, 3.8) is 0 Å². The van der Waals surface area contributed by atoms with E-state index in [4.69, 9.17) is 22.1 Å². The van der Waals surface area contributed by atoms with Crippen LogP contribution in [-0.2, 0) is 14.3 Å². The molecule has 0 spiro atoms. The molecule has 2 aromatic rings. The summed E-state index contributed by atoms with van der Waals surface area (Å²) in [4.78, 5) is 50.5. The first-order valence-electron chi connectivity index (χ1n) is 10.2. The number of benzene rings is 2. The first-order valence-corrected chi connectivity index (χ1v) is 10.6. The van der Waals surface area contributed by atoms with Crippen molar-refractivity contribution in [1.82, 2.24) is 4.90 Å². The fraction of sp³-hybridized carbons (Fsp3) is 0.304. The van der Waals surface area contributed by atoms with Gasteiger partial charge in [-0.3, -0.25) is 19.2 Å². The number of halogens is 1. The minimum Gasteiger partial charge on any atom is -0.452 e. The van der Waals surface area contributed by atoms with Gasteiger partial charge < -0.3 is 20.7 Å². The number of nitrogens with zero attached hydrogens (tertiary/aromatic N) is 1. The molecular formula is C23H24ClN3O5. The van der Waals surface area contributed by atoms with Gasteiger partial charge in [0.25, 0.3) is 11.8 Å². The predicted octanol–water partition coefficient (Wildman–Crippen LogP) is 2.86. The average Bonchev–Trinajstić information content (AvgIpc) is 2.79. The van der Waals surface area contributed by atoms with E-state index in [1.165, 1.54) is 31.2 Å². The zero-order chi connectivity index (χ0) is 23.3. The number of likely N-dealkylation sites (tertiary alicyclic amines) is 1. The summed E-state index contributed by atoms with van der Waals surface area (Å²) in [5.41, 5.74) is 6.45. The van der Waals surface area contributed by atoms with Gasteiger partial charge in [0.05, 0.1) is 5.92 Å². The molecule has 0 aromatic heterocycles. The third-order valence-electron chi connectivity index (χ3n) is 5.23. The van der Waals surface area contributed by atoms with Gasteiger partial charge in [-0.1, -0.05) is 11.6 Å². The van der Waals surface area contributed by atoms with Crippen molar-refractivity contribution in [2.24, 2.45) is 11.7 Å². The quantitative estimate of drug-likeness (QED) is 0.646. The summed E-state index contributed by atoms with van der Waals surface area (Å²) in [6.07, 6.45) is 0.207. The van der Waals surface area contributed by atoms with Gasteiger partial charge in [-0.05, 0) is 68.3 Å². The molecule has 0 radical (unpaired) electrons. The van der Waals surface area contributed by atoms with E-state index < -0.39 is 29.8 Å². The maximum atomic E-state index is 12.7. The standard InChI is InChI=1S/C23H24ClN3O5/c1-14(21(29)26-19-10-6-15(7-11-19)20(25)28)32-23(31)17-3-2-12-27(13-17)22(30)16-4-8-18(24)9-5-16/h4-11,14,17H,2-3,12-13H2,1H3,(H2,25,28)(H,26,29)/t14-,17-/m0/s1. The second kappa shape index (κ2) is 10.3. The van der Waals surface area contributed by atoms with Crippen LogP contribution in [-0.4, -0.2) is 47.8 Å².